The summed E-state index contributed by atoms with van der Waals surface area (Å²) in [5.41, 5.74) is 7.98. The molecule has 0 aromatic heterocycles. The lowest BCUT2D eigenvalue weighted by Gasteiger charge is -2.10. The van der Waals surface area contributed by atoms with Gasteiger partial charge in [0, 0.05) is 17.1 Å². The van der Waals surface area contributed by atoms with Gasteiger partial charge in [0.2, 0.25) is 5.91 Å². The maximum absolute atomic E-state index is 12.0. The zero-order valence-corrected chi connectivity index (χ0v) is 12.5. The van der Waals surface area contributed by atoms with E-state index in [1.165, 1.54) is 0 Å². The highest BCUT2D eigenvalue weighted by Gasteiger charge is 2.08. The Morgan fingerprint density at radius 3 is 2.62 bits per heavy atom. The number of methoxy groups -OCH3 is 1. The highest BCUT2D eigenvalue weighted by Crippen LogP contribution is 2.27. The number of hydrogen-bond donors (Lipinski definition) is 2. The molecule has 4 nitrogen and oxygen atoms in total. The van der Waals surface area contributed by atoms with Crippen LogP contribution in [0.2, 0.25) is 5.02 Å². The number of nitrogens with one attached hydrogen (secondary N) is 1. The number of aryl methyl sites for hydroxylation is 1. The summed E-state index contributed by atoms with van der Waals surface area (Å²) in [7, 11) is 1.55. The number of nitrogen functional groups attached to an aromatic ring is 1. The Hall–Kier alpha value is -2.20. The Morgan fingerprint density at radius 1 is 1.24 bits per heavy atom. The Morgan fingerprint density at radius 2 is 1.95 bits per heavy atom. The standard InChI is InChI=1S/C16H17ClN2O2/c1-21-15-8-5-12(17)10-14(15)19-16(20)9-4-11-2-6-13(18)7-3-11/h2-3,5-8,10H,4,9,18H2,1H3,(H,19,20). The summed E-state index contributed by atoms with van der Waals surface area (Å²) < 4.78 is 5.19. The maximum atomic E-state index is 12.0. The third-order valence-corrected chi connectivity index (χ3v) is 3.29. The van der Waals surface area contributed by atoms with Gasteiger partial charge in [-0.2, -0.15) is 0 Å². The molecule has 0 unspecified atom stereocenters. The number of halogens is 1. The molecular formula is C16H17ClN2O2. The van der Waals surface area contributed by atoms with Crippen LogP contribution in [-0.4, -0.2) is 13.0 Å². The monoisotopic (exact) mass is 304 g/mol. The summed E-state index contributed by atoms with van der Waals surface area (Å²) in [6.07, 6.45) is 1.02. The molecule has 110 valence electrons. The predicted octanol–water partition coefficient (Wildman–Crippen LogP) is 3.50. The van der Waals surface area contributed by atoms with Crippen molar-refractivity contribution in [1.82, 2.24) is 0 Å². The molecule has 0 heterocycles. The van der Waals surface area contributed by atoms with E-state index in [1.807, 2.05) is 24.3 Å². The number of hydrogen-bond acceptors (Lipinski definition) is 3. The van der Waals surface area contributed by atoms with Crippen molar-refractivity contribution < 1.29 is 9.53 Å². The van der Waals surface area contributed by atoms with Crippen LogP contribution in [0, 0.1) is 0 Å². The zero-order valence-electron chi connectivity index (χ0n) is 11.7. The molecule has 0 fully saturated rings. The molecule has 2 rings (SSSR count). The van der Waals surface area contributed by atoms with E-state index < -0.39 is 0 Å². The number of rotatable bonds is 5. The minimum atomic E-state index is -0.0904. The third kappa shape index (κ3) is 4.39. The molecule has 5 heteroatoms. The highest BCUT2D eigenvalue weighted by molar-refractivity contribution is 6.31. The molecule has 0 atom stereocenters. The van der Waals surface area contributed by atoms with Crippen molar-refractivity contribution in [2.24, 2.45) is 0 Å². The van der Waals surface area contributed by atoms with Crippen LogP contribution < -0.4 is 15.8 Å². The van der Waals surface area contributed by atoms with Crippen LogP contribution in [0.4, 0.5) is 11.4 Å². The summed E-state index contributed by atoms with van der Waals surface area (Å²) in [6, 6.07) is 12.6. The molecule has 0 bridgehead atoms. The molecule has 0 aliphatic carbocycles. The van der Waals surface area contributed by atoms with Crippen LogP contribution in [0.25, 0.3) is 0 Å². The number of carbonyl (C=O) groups excluding carboxylic acids is 1. The van der Waals surface area contributed by atoms with E-state index in [0.29, 0.717) is 35.0 Å². The average molecular weight is 305 g/mol. The van der Waals surface area contributed by atoms with Gasteiger partial charge in [0.25, 0.3) is 0 Å². The minimum Gasteiger partial charge on any atom is -0.495 e. The van der Waals surface area contributed by atoms with Gasteiger partial charge in [0.05, 0.1) is 12.8 Å². The second-order valence-corrected chi connectivity index (χ2v) is 5.07. The molecule has 0 aliphatic heterocycles. The first-order valence-corrected chi connectivity index (χ1v) is 6.94. The van der Waals surface area contributed by atoms with E-state index in [0.717, 1.165) is 5.56 Å². The fourth-order valence-corrected chi connectivity index (χ4v) is 2.10. The predicted molar refractivity (Wildman–Crippen MR) is 85.8 cm³/mol. The van der Waals surface area contributed by atoms with E-state index in [4.69, 9.17) is 22.1 Å². The van der Waals surface area contributed by atoms with Crippen molar-refractivity contribution in [2.75, 3.05) is 18.2 Å². The van der Waals surface area contributed by atoms with Crippen LogP contribution in [0.15, 0.2) is 42.5 Å². The third-order valence-electron chi connectivity index (χ3n) is 3.06. The second-order valence-electron chi connectivity index (χ2n) is 4.63. The van der Waals surface area contributed by atoms with Gasteiger partial charge in [0.1, 0.15) is 5.75 Å². The quantitative estimate of drug-likeness (QED) is 0.831. The van der Waals surface area contributed by atoms with Crippen LogP contribution in [0.5, 0.6) is 5.75 Å². The molecule has 0 radical (unpaired) electrons. The molecule has 0 saturated carbocycles. The van der Waals surface area contributed by atoms with Gasteiger partial charge >= 0.3 is 0 Å². The SMILES string of the molecule is COc1ccc(Cl)cc1NC(=O)CCc1ccc(N)cc1. The van der Waals surface area contributed by atoms with Crippen molar-refractivity contribution in [3.05, 3.63) is 53.1 Å². The zero-order chi connectivity index (χ0) is 15.2. The molecule has 0 saturated heterocycles. The molecule has 0 spiro atoms. The van der Waals surface area contributed by atoms with Gasteiger partial charge in [0.15, 0.2) is 0 Å². The molecule has 3 N–H and O–H groups in total. The summed E-state index contributed by atoms with van der Waals surface area (Å²) >= 11 is 5.93. The highest BCUT2D eigenvalue weighted by atomic mass is 35.5. The van der Waals surface area contributed by atoms with Gasteiger partial charge in [-0.25, -0.2) is 0 Å². The molecule has 2 aromatic rings. The summed E-state index contributed by atoms with van der Waals surface area (Å²) in [5.74, 6) is 0.493. The first kappa shape index (κ1) is 15.2. The lowest BCUT2D eigenvalue weighted by Crippen LogP contribution is -2.13. The molecule has 1 amide bonds. The average Bonchev–Trinajstić information content (AvgIpc) is 2.47. The Labute approximate surface area is 128 Å². The number of ether oxygens (including phenoxy) is 1. The number of benzene rings is 2. The normalized spacial score (nSPS) is 10.2. The van der Waals surface area contributed by atoms with E-state index >= 15 is 0 Å². The van der Waals surface area contributed by atoms with Crippen LogP contribution in [0.1, 0.15) is 12.0 Å². The fourth-order valence-electron chi connectivity index (χ4n) is 1.93. The lowest BCUT2D eigenvalue weighted by molar-refractivity contribution is -0.116. The summed E-state index contributed by atoms with van der Waals surface area (Å²) in [6.45, 7) is 0. The van der Waals surface area contributed by atoms with Crippen LogP contribution in [-0.2, 0) is 11.2 Å². The van der Waals surface area contributed by atoms with Gasteiger partial charge in [-0.3, -0.25) is 4.79 Å². The molecule has 2 aromatic carbocycles. The van der Waals surface area contributed by atoms with E-state index in [2.05, 4.69) is 5.32 Å². The van der Waals surface area contributed by atoms with Gasteiger partial charge in [-0.15, -0.1) is 0 Å². The van der Waals surface area contributed by atoms with E-state index in [1.54, 1.807) is 25.3 Å². The molecular weight excluding hydrogens is 288 g/mol. The van der Waals surface area contributed by atoms with Gasteiger partial charge < -0.3 is 15.8 Å². The second kappa shape index (κ2) is 6.99. The first-order chi connectivity index (χ1) is 10.1. The van der Waals surface area contributed by atoms with Crippen molar-refractivity contribution in [2.45, 2.75) is 12.8 Å². The van der Waals surface area contributed by atoms with Crippen molar-refractivity contribution in [3.8, 4) is 5.75 Å². The van der Waals surface area contributed by atoms with Gasteiger partial charge in [-0.05, 0) is 42.3 Å². The topological polar surface area (TPSA) is 64.3 Å². The number of amides is 1. The Bertz CT molecular complexity index is 627. The van der Waals surface area contributed by atoms with Gasteiger partial charge in [-0.1, -0.05) is 23.7 Å². The number of anilines is 2. The molecule has 0 aliphatic rings. The molecule has 21 heavy (non-hydrogen) atoms. The van der Waals surface area contributed by atoms with Crippen LogP contribution >= 0.6 is 11.6 Å². The summed E-state index contributed by atoms with van der Waals surface area (Å²) in [4.78, 5) is 12.0. The van der Waals surface area contributed by atoms with Crippen molar-refractivity contribution in [3.63, 3.8) is 0 Å². The fraction of sp³-hybridized carbons (Fsp3) is 0.188. The Balaban J connectivity index is 1.95. The minimum absolute atomic E-state index is 0.0904. The largest absolute Gasteiger partial charge is 0.495 e. The number of carbonyl (C=O) groups is 1. The lowest BCUT2D eigenvalue weighted by atomic mass is 10.1. The van der Waals surface area contributed by atoms with E-state index in [-0.39, 0.29) is 5.91 Å². The Kier molecular flexibility index (Phi) is 5.06. The van der Waals surface area contributed by atoms with E-state index in [9.17, 15) is 4.79 Å². The first-order valence-electron chi connectivity index (χ1n) is 6.56. The number of nitrogens with two attached hydrogens (primary N) is 1. The van der Waals surface area contributed by atoms with Crippen molar-refractivity contribution in [1.29, 1.82) is 0 Å². The maximum Gasteiger partial charge on any atom is 0.224 e. The smallest absolute Gasteiger partial charge is 0.224 e. The van der Waals surface area contributed by atoms with Crippen molar-refractivity contribution >= 4 is 28.9 Å². The van der Waals surface area contributed by atoms with Crippen LogP contribution in [0.3, 0.4) is 0 Å². The summed E-state index contributed by atoms with van der Waals surface area (Å²) in [5, 5.41) is 3.36.